The molecule has 0 saturated carbocycles. The van der Waals surface area contributed by atoms with E-state index in [-0.39, 0.29) is 37.5 Å². The number of aldehydes is 1. The van der Waals surface area contributed by atoms with Crippen molar-refractivity contribution in [3.05, 3.63) is 35.9 Å². The van der Waals surface area contributed by atoms with E-state index < -0.39 is 35.9 Å². The van der Waals surface area contributed by atoms with E-state index in [0.29, 0.717) is 0 Å². The average molecular weight is 449 g/mol. The molecule has 0 spiro atoms. The largest absolute Gasteiger partial charge is 0.465 e. The molecule has 4 amide bonds. The predicted octanol–water partition coefficient (Wildman–Crippen LogP) is 1.11. The number of carbonyl (C=O) groups is 5. The van der Waals surface area contributed by atoms with E-state index in [9.17, 15) is 24.0 Å². The normalized spacial score (nSPS) is 12.6. The lowest BCUT2D eigenvalue weighted by molar-refractivity contribution is -0.146. The minimum atomic E-state index is -1.35. The summed E-state index contributed by atoms with van der Waals surface area (Å²) in [6, 6.07) is 6.75. The molecule has 0 saturated heterocycles. The van der Waals surface area contributed by atoms with Crippen LogP contribution in [0.15, 0.2) is 30.3 Å². The molecular weight excluding hydrogens is 416 g/mol. The molecule has 0 aliphatic carbocycles. The topological polar surface area (TPSA) is 145 Å². The van der Waals surface area contributed by atoms with Crippen molar-refractivity contribution in [3.8, 4) is 0 Å². The number of hydrazine groups is 1. The van der Waals surface area contributed by atoms with Gasteiger partial charge in [0.15, 0.2) is 0 Å². The Kier molecular flexibility index (Phi) is 10.9. The molecule has 2 unspecified atom stereocenters. The first-order valence-electron chi connectivity index (χ1n) is 10.4. The van der Waals surface area contributed by atoms with Crippen molar-refractivity contribution in [2.45, 2.75) is 52.6 Å². The van der Waals surface area contributed by atoms with Crippen molar-refractivity contribution in [3.63, 3.8) is 0 Å². The van der Waals surface area contributed by atoms with E-state index in [2.05, 4.69) is 16.1 Å². The second-order valence-corrected chi connectivity index (χ2v) is 8.32. The lowest BCUT2D eigenvalue weighted by Crippen LogP contribution is -2.58. The molecule has 10 heteroatoms. The third-order valence-corrected chi connectivity index (χ3v) is 4.40. The second kappa shape index (κ2) is 13.1. The van der Waals surface area contributed by atoms with E-state index in [1.807, 2.05) is 27.7 Å². The summed E-state index contributed by atoms with van der Waals surface area (Å²) in [4.78, 5) is 59.8. The molecule has 32 heavy (non-hydrogen) atoms. The van der Waals surface area contributed by atoms with Crippen molar-refractivity contribution in [1.29, 1.82) is 0 Å². The quantitative estimate of drug-likeness (QED) is 0.227. The van der Waals surface area contributed by atoms with E-state index in [1.54, 1.807) is 30.3 Å². The van der Waals surface area contributed by atoms with Crippen LogP contribution in [0.3, 0.4) is 0 Å². The van der Waals surface area contributed by atoms with Crippen LogP contribution in [0, 0.1) is 11.8 Å². The van der Waals surface area contributed by atoms with Crippen LogP contribution in [0.25, 0.3) is 0 Å². The van der Waals surface area contributed by atoms with Gasteiger partial charge < -0.3 is 15.7 Å². The summed E-state index contributed by atoms with van der Waals surface area (Å²) in [6.45, 7) is 7.41. The first-order chi connectivity index (χ1) is 15.0. The molecular formula is C22H32N4O6. The van der Waals surface area contributed by atoms with Crippen molar-refractivity contribution >= 4 is 30.1 Å². The zero-order valence-electron chi connectivity index (χ0n) is 18.8. The maximum absolute atomic E-state index is 13.0. The summed E-state index contributed by atoms with van der Waals surface area (Å²) >= 11 is 0. The van der Waals surface area contributed by atoms with Gasteiger partial charge in [0, 0.05) is 13.0 Å². The Hall–Kier alpha value is -3.43. The lowest BCUT2D eigenvalue weighted by Gasteiger charge is -2.27. The highest BCUT2D eigenvalue weighted by atomic mass is 16.4. The molecule has 0 aliphatic heterocycles. The van der Waals surface area contributed by atoms with Gasteiger partial charge in [0.05, 0.1) is 0 Å². The molecule has 1 aromatic carbocycles. The first-order valence-corrected chi connectivity index (χ1v) is 10.4. The molecule has 0 fully saturated rings. The van der Waals surface area contributed by atoms with Gasteiger partial charge in [-0.2, -0.15) is 0 Å². The van der Waals surface area contributed by atoms with Crippen LogP contribution in [0.2, 0.25) is 0 Å². The summed E-state index contributed by atoms with van der Waals surface area (Å²) < 4.78 is 0. The molecule has 0 heterocycles. The SMILES string of the molecule is CC(C)CC(NC(=O)O)C(=O)NC(Cc1ccccc1)C(=O)NN(CC(C)C)C(=O)C=O. The number of amides is 4. The number of nitrogens with one attached hydrogen (secondary N) is 3. The van der Waals surface area contributed by atoms with Crippen molar-refractivity contribution < 1.29 is 29.1 Å². The van der Waals surface area contributed by atoms with Gasteiger partial charge in [-0.15, -0.1) is 0 Å². The predicted molar refractivity (Wildman–Crippen MR) is 117 cm³/mol. The smallest absolute Gasteiger partial charge is 0.405 e. The highest BCUT2D eigenvalue weighted by Crippen LogP contribution is 2.08. The Bertz CT molecular complexity index is 797. The Balaban J connectivity index is 3.10. The summed E-state index contributed by atoms with van der Waals surface area (Å²) in [5.41, 5.74) is 3.15. The first kappa shape index (κ1) is 26.6. The molecule has 176 valence electrons. The highest BCUT2D eigenvalue weighted by molar-refractivity contribution is 6.23. The van der Waals surface area contributed by atoms with Crippen molar-refractivity contribution in [1.82, 2.24) is 21.1 Å². The number of carboxylic acid groups (broad SMARTS) is 1. The third-order valence-electron chi connectivity index (χ3n) is 4.40. The van der Waals surface area contributed by atoms with E-state index >= 15 is 0 Å². The van der Waals surface area contributed by atoms with Crippen LogP contribution in [-0.2, 0) is 25.6 Å². The number of hydrogen-bond acceptors (Lipinski definition) is 5. The third kappa shape index (κ3) is 9.59. The maximum atomic E-state index is 13.0. The van der Waals surface area contributed by atoms with Crippen LogP contribution < -0.4 is 16.1 Å². The molecule has 0 aliphatic rings. The monoisotopic (exact) mass is 448 g/mol. The number of rotatable bonds is 11. The fourth-order valence-electron chi connectivity index (χ4n) is 3.01. The van der Waals surface area contributed by atoms with Gasteiger partial charge in [-0.3, -0.25) is 24.6 Å². The van der Waals surface area contributed by atoms with Crippen LogP contribution >= 0.6 is 0 Å². The molecule has 1 rings (SSSR count). The lowest BCUT2D eigenvalue weighted by atomic mass is 10.0. The van der Waals surface area contributed by atoms with E-state index in [0.717, 1.165) is 10.6 Å². The Morgan fingerprint density at radius 2 is 1.56 bits per heavy atom. The maximum Gasteiger partial charge on any atom is 0.405 e. The fourth-order valence-corrected chi connectivity index (χ4v) is 3.01. The minimum absolute atomic E-state index is 0.0192. The zero-order chi connectivity index (χ0) is 24.3. The molecule has 0 bridgehead atoms. The van der Waals surface area contributed by atoms with Crippen molar-refractivity contribution in [2.24, 2.45) is 11.8 Å². The van der Waals surface area contributed by atoms with Gasteiger partial charge in [0.1, 0.15) is 12.1 Å². The number of carbonyl (C=O) groups excluding carboxylic acids is 4. The van der Waals surface area contributed by atoms with Gasteiger partial charge in [0.2, 0.25) is 12.2 Å². The number of hydrogen-bond donors (Lipinski definition) is 4. The Morgan fingerprint density at radius 3 is 2.06 bits per heavy atom. The molecule has 10 nitrogen and oxygen atoms in total. The standard InChI is InChI=1S/C22H32N4O6/c1-14(2)10-17(24-22(31)32)20(29)23-18(11-16-8-6-5-7-9-16)21(30)25-26(12-15(3)4)19(28)13-27/h5-9,13-15,17-18,24H,10-12H2,1-4H3,(H,23,29)(H,25,30)(H,31,32). The summed E-state index contributed by atoms with van der Waals surface area (Å²) in [6.07, 6.45) is -0.913. The van der Waals surface area contributed by atoms with Crippen LogP contribution in [0.5, 0.6) is 0 Å². The number of nitrogens with zero attached hydrogens (tertiary/aromatic N) is 1. The zero-order valence-corrected chi connectivity index (χ0v) is 18.8. The molecule has 0 radical (unpaired) electrons. The van der Waals surface area contributed by atoms with Gasteiger partial charge >= 0.3 is 12.0 Å². The summed E-state index contributed by atoms with van der Waals surface area (Å²) in [5.74, 6) is -2.28. The Morgan fingerprint density at radius 1 is 0.938 bits per heavy atom. The van der Waals surface area contributed by atoms with Crippen molar-refractivity contribution in [2.75, 3.05) is 6.54 Å². The van der Waals surface area contributed by atoms with Gasteiger partial charge in [-0.1, -0.05) is 58.0 Å². The average Bonchev–Trinajstić information content (AvgIpc) is 2.71. The summed E-state index contributed by atoms with van der Waals surface area (Å²) in [7, 11) is 0. The van der Waals surface area contributed by atoms with Crippen LogP contribution in [-0.4, -0.2) is 58.8 Å². The van der Waals surface area contributed by atoms with Crippen LogP contribution in [0.4, 0.5) is 4.79 Å². The van der Waals surface area contributed by atoms with Gasteiger partial charge in [-0.05, 0) is 23.8 Å². The minimum Gasteiger partial charge on any atom is -0.465 e. The van der Waals surface area contributed by atoms with Gasteiger partial charge in [0.25, 0.3) is 5.91 Å². The van der Waals surface area contributed by atoms with E-state index in [4.69, 9.17) is 5.11 Å². The molecule has 2 atom stereocenters. The Labute approximate surface area is 187 Å². The van der Waals surface area contributed by atoms with E-state index in [1.165, 1.54) is 0 Å². The highest BCUT2D eigenvalue weighted by Gasteiger charge is 2.29. The van der Waals surface area contributed by atoms with Crippen LogP contribution in [0.1, 0.15) is 39.7 Å². The molecule has 1 aromatic rings. The summed E-state index contributed by atoms with van der Waals surface area (Å²) in [5, 5.41) is 14.7. The molecule has 4 N–H and O–H groups in total. The fraction of sp³-hybridized carbons (Fsp3) is 0.500. The second-order valence-electron chi connectivity index (χ2n) is 8.32. The van der Waals surface area contributed by atoms with Gasteiger partial charge in [-0.25, -0.2) is 9.80 Å². The number of benzene rings is 1. The molecule has 0 aromatic heterocycles.